The largest absolute Gasteiger partial charge is 0.497 e. The number of hydrogen-bond donors (Lipinski definition) is 3. The molecule has 0 aliphatic carbocycles. The van der Waals surface area contributed by atoms with Crippen molar-refractivity contribution in [2.24, 2.45) is 0 Å². The average molecular weight is 621 g/mol. The zero-order valence-corrected chi connectivity index (χ0v) is 24.4. The smallest absolute Gasteiger partial charge is 0.338 e. The Morgan fingerprint density at radius 1 is 0.977 bits per heavy atom. The molecule has 3 aromatic carbocycles. The Balaban J connectivity index is 1.22. The number of halogens is 1. The lowest BCUT2D eigenvalue weighted by molar-refractivity contribution is -0.124. The van der Waals surface area contributed by atoms with E-state index in [1.165, 1.54) is 36.4 Å². The van der Waals surface area contributed by atoms with Crippen molar-refractivity contribution in [2.75, 3.05) is 17.1 Å². The fraction of sp³-hybridized carbons (Fsp3) is 0.138. The minimum absolute atomic E-state index is 0.00117. The van der Waals surface area contributed by atoms with Gasteiger partial charge in [0.1, 0.15) is 11.6 Å². The van der Waals surface area contributed by atoms with Gasteiger partial charge in [-0.15, -0.1) is 10.2 Å². The molecule has 1 atom stereocenters. The van der Waals surface area contributed by atoms with Crippen LogP contribution in [0.2, 0.25) is 5.15 Å². The number of esters is 1. The van der Waals surface area contributed by atoms with Crippen LogP contribution in [0.5, 0.6) is 5.75 Å². The number of methoxy groups -OCH3 is 1. The molecule has 12 nitrogen and oxygen atoms in total. The van der Waals surface area contributed by atoms with Crippen LogP contribution < -0.4 is 14.8 Å². The summed E-state index contributed by atoms with van der Waals surface area (Å²) >= 11 is 5.68. The molecule has 220 valence electrons. The van der Waals surface area contributed by atoms with Gasteiger partial charge in [0.25, 0.3) is 15.9 Å². The monoisotopic (exact) mass is 620 g/mol. The van der Waals surface area contributed by atoms with Gasteiger partial charge in [0, 0.05) is 11.3 Å². The van der Waals surface area contributed by atoms with Crippen LogP contribution in [0.15, 0.2) is 83.8 Å². The highest BCUT2D eigenvalue weighted by atomic mass is 35.5. The van der Waals surface area contributed by atoms with Crippen molar-refractivity contribution in [3.63, 3.8) is 0 Å². The maximum Gasteiger partial charge on any atom is 0.338 e. The molecule has 0 aliphatic rings. The Morgan fingerprint density at radius 2 is 1.72 bits per heavy atom. The van der Waals surface area contributed by atoms with Crippen LogP contribution in [0.4, 0.5) is 11.5 Å². The van der Waals surface area contributed by atoms with Crippen molar-refractivity contribution >= 4 is 56.0 Å². The number of ether oxygens (including phenoxy) is 2. The number of imidazole rings is 1. The van der Waals surface area contributed by atoms with Crippen molar-refractivity contribution in [3.05, 3.63) is 89.6 Å². The standard InChI is InChI=1S/C29H25ClN6O6S/c1-3-24(28(37)31-19-7-11-21(12-8-19)43(39,40)36-26-15-14-25(30)34-35-26)42-29(38)18-6-13-22-23(16-18)33-27(32-22)17-4-9-20(41-2)10-5-17/h4-16,24H,3H2,1-2H3,(H,31,37)(H,32,33)(H,35,36). The summed E-state index contributed by atoms with van der Waals surface area (Å²) in [5, 5.41) is 10.0. The zero-order valence-electron chi connectivity index (χ0n) is 22.9. The number of amides is 1. The van der Waals surface area contributed by atoms with Crippen LogP contribution in [-0.4, -0.2) is 53.7 Å². The van der Waals surface area contributed by atoms with Crippen LogP contribution in [0.1, 0.15) is 23.7 Å². The summed E-state index contributed by atoms with van der Waals surface area (Å²) < 4.78 is 38.3. The van der Waals surface area contributed by atoms with Gasteiger partial charge >= 0.3 is 5.97 Å². The first-order valence-electron chi connectivity index (χ1n) is 12.9. The van der Waals surface area contributed by atoms with Gasteiger partial charge in [-0.3, -0.25) is 9.52 Å². The Kier molecular flexibility index (Phi) is 8.55. The lowest BCUT2D eigenvalue weighted by Crippen LogP contribution is -2.32. The predicted molar refractivity (Wildman–Crippen MR) is 160 cm³/mol. The lowest BCUT2D eigenvalue weighted by atomic mass is 10.2. The number of hydrogen-bond acceptors (Lipinski definition) is 9. The number of fused-ring (bicyclic) bond motifs is 1. The number of carbonyl (C=O) groups excluding carboxylic acids is 2. The number of nitrogens with zero attached hydrogens (tertiary/aromatic N) is 3. The van der Waals surface area contributed by atoms with Crippen molar-refractivity contribution < 1.29 is 27.5 Å². The maximum absolute atomic E-state index is 12.9. The lowest BCUT2D eigenvalue weighted by Gasteiger charge is -2.16. The third-order valence-corrected chi connectivity index (χ3v) is 7.87. The van der Waals surface area contributed by atoms with E-state index < -0.39 is 28.0 Å². The molecular formula is C29H25ClN6O6S. The SMILES string of the molecule is CCC(OC(=O)c1ccc2nc(-c3ccc(OC)cc3)[nH]c2c1)C(=O)Nc1ccc(S(=O)(=O)Nc2ccc(Cl)nn2)cc1. The maximum atomic E-state index is 12.9. The fourth-order valence-electron chi connectivity index (χ4n) is 4.05. The number of rotatable bonds is 10. The van der Waals surface area contributed by atoms with Crippen molar-refractivity contribution in [2.45, 2.75) is 24.3 Å². The van der Waals surface area contributed by atoms with E-state index in [2.05, 4.69) is 30.2 Å². The van der Waals surface area contributed by atoms with Gasteiger partial charge in [0.05, 0.1) is 28.6 Å². The second-order valence-corrected chi connectivity index (χ2v) is 11.3. The molecule has 1 amide bonds. The zero-order chi connectivity index (χ0) is 30.6. The Labute approximate surface area is 251 Å². The number of nitrogens with one attached hydrogen (secondary N) is 3. The van der Waals surface area contributed by atoms with Crippen molar-refractivity contribution in [3.8, 4) is 17.1 Å². The van der Waals surface area contributed by atoms with E-state index in [-0.39, 0.29) is 27.9 Å². The van der Waals surface area contributed by atoms with Crippen LogP contribution in [0, 0.1) is 0 Å². The summed E-state index contributed by atoms with van der Waals surface area (Å²) in [7, 11) is -2.37. The fourth-order valence-corrected chi connectivity index (χ4v) is 5.15. The highest BCUT2D eigenvalue weighted by Gasteiger charge is 2.23. The van der Waals surface area contributed by atoms with Gasteiger partial charge in [0.15, 0.2) is 17.1 Å². The van der Waals surface area contributed by atoms with Crippen LogP contribution in [0.25, 0.3) is 22.4 Å². The van der Waals surface area contributed by atoms with Crippen LogP contribution in [0.3, 0.4) is 0 Å². The normalized spacial score (nSPS) is 12.0. The second kappa shape index (κ2) is 12.5. The molecule has 1 unspecified atom stereocenters. The average Bonchev–Trinajstić information content (AvgIpc) is 3.44. The van der Waals surface area contributed by atoms with E-state index in [4.69, 9.17) is 21.1 Å². The molecule has 0 saturated carbocycles. The van der Waals surface area contributed by atoms with Gasteiger partial charge in [-0.1, -0.05) is 18.5 Å². The molecule has 14 heteroatoms. The molecule has 2 heterocycles. The summed E-state index contributed by atoms with van der Waals surface area (Å²) in [4.78, 5) is 33.6. The molecule has 2 aromatic heterocycles. The van der Waals surface area contributed by atoms with Gasteiger partial charge < -0.3 is 19.8 Å². The van der Waals surface area contributed by atoms with Gasteiger partial charge in [-0.2, -0.15) is 0 Å². The molecular weight excluding hydrogens is 596 g/mol. The summed E-state index contributed by atoms with van der Waals surface area (Å²) in [6.07, 6.45) is -0.877. The van der Waals surface area contributed by atoms with Gasteiger partial charge in [-0.25, -0.2) is 18.2 Å². The van der Waals surface area contributed by atoms with E-state index in [0.717, 1.165) is 11.3 Å². The van der Waals surface area contributed by atoms with E-state index in [0.29, 0.717) is 22.5 Å². The molecule has 43 heavy (non-hydrogen) atoms. The van der Waals surface area contributed by atoms with Crippen molar-refractivity contribution in [1.82, 2.24) is 20.2 Å². The topological polar surface area (TPSA) is 165 Å². The Hall–Kier alpha value is -5.01. The first-order valence-corrected chi connectivity index (χ1v) is 14.8. The highest BCUT2D eigenvalue weighted by Crippen LogP contribution is 2.24. The third kappa shape index (κ3) is 6.90. The Morgan fingerprint density at radius 3 is 2.37 bits per heavy atom. The molecule has 0 aliphatic heterocycles. The summed E-state index contributed by atoms with van der Waals surface area (Å²) in [6.45, 7) is 1.71. The number of aromatic nitrogens is 4. The number of anilines is 2. The van der Waals surface area contributed by atoms with Gasteiger partial charge in [0.2, 0.25) is 0 Å². The molecule has 0 saturated heterocycles. The predicted octanol–water partition coefficient (Wildman–Crippen LogP) is 5.06. The van der Waals surface area contributed by atoms with Crippen molar-refractivity contribution in [1.29, 1.82) is 0 Å². The minimum Gasteiger partial charge on any atom is -0.497 e. The Bertz CT molecular complexity index is 1880. The van der Waals surface area contributed by atoms with E-state index in [1.807, 2.05) is 24.3 Å². The first-order chi connectivity index (χ1) is 20.6. The number of sulfonamides is 1. The molecule has 0 spiro atoms. The first kappa shape index (κ1) is 29.5. The highest BCUT2D eigenvalue weighted by molar-refractivity contribution is 7.92. The molecule has 3 N–H and O–H groups in total. The third-order valence-electron chi connectivity index (χ3n) is 6.30. The number of aromatic amines is 1. The minimum atomic E-state index is -3.96. The molecule has 5 rings (SSSR count). The second-order valence-electron chi connectivity index (χ2n) is 9.21. The number of carbonyl (C=O) groups is 2. The number of H-pyrrole nitrogens is 1. The van der Waals surface area contributed by atoms with E-state index in [9.17, 15) is 18.0 Å². The number of benzene rings is 3. The summed E-state index contributed by atoms with van der Waals surface area (Å²) in [6, 6.07) is 20.5. The van der Waals surface area contributed by atoms with E-state index >= 15 is 0 Å². The molecule has 5 aromatic rings. The molecule has 0 bridgehead atoms. The quantitative estimate of drug-likeness (QED) is 0.181. The molecule has 0 radical (unpaired) electrons. The van der Waals surface area contributed by atoms with Crippen LogP contribution >= 0.6 is 11.6 Å². The molecule has 0 fully saturated rings. The summed E-state index contributed by atoms with van der Waals surface area (Å²) in [5.41, 5.74) is 2.70. The van der Waals surface area contributed by atoms with Gasteiger partial charge in [-0.05, 0) is 85.3 Å². The van der Waals surface area contributed by atoms with Crippen LogP contribution in [-0.2, 0) is 19.6 Å². The summed E-state index contributed by atoms with van der Waals surface area (Å²) in [5.74, 6) is 0.108. The van der Waals surface area contributed by atoms with E-state index in [1.54, 1.807) is 32.2 Å².